The van der Waals surface area contributed by atoms with E-state index in [1.165, 1.54) is 12.1 Å². The van der Waals surface area contributed by atoms with E-state index in [0.29, 0.717) is 5.75 Å². The van der Waals surface area contributed by atoms with Crippen molar-refractivity contribution in [2.75, 3.05) is 7.11 Å². The number of imide groups is 1. The Morgan fingerprint density at radius 2 is 1.56 bits per heavy atom. The molecule has 0 unspecified atom stereocenters. The van der Waals surface area contributed by atoms with Crippen LogP contribution in [0.3, 0.4) is 0 Å². The van der Waals surface area contributed by atoms with Crippen LogP contribution in [0.4, 0.5) is 8.78 Å². The van der Waals surface area contributed by atoms with Crippen molar-refractivity contribution in [1.29, 1.82) is 0 Å². The van der Waals surface area contributed by atoms with E-state index in [1.54, 1.807) is 31.4 Å². The van der Waals surface area contributed by atoms with Gasteiger partial charge in [-0.1, -0.05) is 0 Å². The van der Waals surface area contributed by atoms with E-state index < -0.39 is 44.7 Å². The standard InChI is InChI=1S/C18H13F2INO3/c1-25-13-4-2-12(3-5-13)21-18-14(19)8-11(9-15(18)20)10-22-16(23)6-7-17(22)24/h2-9H,10H2,1H3/q-1. The van der Waals surface area contributed by atoms with Gasteiger partial charge in [-0.15, -0.1) is 0 Å². The molecule has 0 aromatic heterocycles. The summed E-state index contributed by atoms with van der Waals surface area (Å²) < 4.78 is 34.7. The molecule has 4 nitrogen and oxygen atoms in total. The summed E-state index contributed by atoms with van der Waals surface area (Å²) in [7, 11) is 1.55. The zero-order valence-corrected chi connectivity index (χ0v) is 15.3. The first kappa shape index (κ1) is 17.5. The fourth-order valence-corrected chi connectivity index (χ4v) is 4.47. The van der Waals surface area contributed by atoms with Crippen LogP contribution in [0.15, 0.2) is 48.6 Å². The fraction of sp³-hybridized carbons (Fsp3) is 0.111. The molecule has 1 aliphatic heterocycles. The van der Waals surface area contributed by atoms with Crippen molar-refractivity contribution < 1.29 is 44.3 Å². The zero-order valence-electron chi connectivity index (χ0n) is 13.1. The van der Waals surface area contributed by atoms with E-state index >= 15 is 0 Å². The molecule has 0 fully saturated rings. The van der Waals surface area contributed by atoms with Crippen molar-refractivity contribution in [3.8, 4) is 5.75 Å². The predicted octanol–water partition coefficient (Wildman–Crippen LogP) is -0.473. The van der Waals surface area contributed by atoms with E-state index in [0.717, 1.165) is 20.6 Å². The molecule has 0 radical (unpaired) electrons. The third-order valence-corrected chi connectivity index (χ3v) is 6.45. The van der Waals surface area contributed by atoms with Crippen LogP contribution in [-0.4, -0.2) is 23.8 Å². The molecule has 0 bridgehead atoms. The van der Waals surface area contributed by atoms with Gasteiger partial charge in [0.2, 0.25) is 0 Å². The molecule has 1 heterocycles. The number of hydrogen-bond acceptors (Lipinski definition) is 3. The van der Waals surface area contributed by atoms with Crippen molar-refractivity contribution in [1.82, 2.24) is 4.90 Å². The Hall–Kier alpha value is -2.29. The van der Waals surface area contributed by atoms with Gasteiger partial charge < -0.3 is 0 Å². The monoisotopic (exact) mass is 456 g/mol. The number of methoxy groups -OCH3 is 1. The van der Waals surface area contributed by atoms with Gasteiger partial charge in [0.25, 0.3) is 0 Å². The summed E-state index contributed by atoms with van der Waals surface area (Å²) in [5.41, 5.74) is 0.239. The van der Waals surface area contributed by atoms with Gasteiger partial charge in [-0.3, -0.25) is 0 Å². The van der Waals surface area contributed by atoms with Gasteiger partial charge in [0, 0.05) is 0 Å². The summed E-state index contributed by atoms with van der Waals surface area (Å²) in [6, 6.07) is 9.42. The molecule has 2 aromatic rings. The molecular weight excluding hydrogens is 443 g/mol. The number of hydrogen-bond donors (Lipinski definition) is 0. The quantitative estimate of drug-likeness (QED) is 0.348. The van der Waals surface area contributed by atoms with Crippen LogP contribution >= 0.6 is 0 Å². The Morgan fingerprint density at radius 3 is 2.08 bits per heavy atom. The van der Waals surface area contributed by atoms with E-state index in [-0.39, 0.29) is 15.7 Å². The van der Waals surface area contributed by atoms with E-state index in [2.05, 4.69) is 0 Å². The number of benzene rings is 2. The van der Waals surface area contributed by atoms with Gasteiger partial charge in [-0.25, -0.2) is 0 Å². The second-order valence-corrected chi connectivity index (χ2v) is 8.09. The van der Waals surface area contributed by atoms with Crippen LogP contribution in [0.1, 0.15) is 5.56 Å². The first-order chi connectivity index (χ1) is 12.0. The topological polar surface area (TPSA) is 46.6 Å². The van der Waals surface area contributed by atoms with Crippen molar-refractivity contribution >= 4 is 11.8 Å². The van der Waals surface area contributed by atoms with Crippen LogP contribution in [0.5, 0.6) is 5.75 Å². The van der Waals surface area contributed by atoms with E-state index in [9.17, 15) is 18.4 Å². The van der Waals surface area contributed by atoms with Gasteiger partial charge in [-0.05, 0) is 0 Å². The maximum atomic E-state index is 14.4. The van der Waals surface area contributed by atoms with Gasteiger partial charge in [0.05, 0.1) is 0 Å². The number of amides is 2. The van der Waals surface area contributed by atoms with Crippen LogP contribution < -0.4 is 25.9 Å². The van der Waals surface area contributed by atoms with Crippen molar-refractivity contribution in [2.45, 2.75) is 6.54 Å². The zero-order chi connectivity index (χ0) is 18.0. The molecule has 0 atom stereocenters. The number of carbonyl (C=O) groups excluding carboxylic acids is 2. The van der Waals surface area contributed by atoms with Crippen LogP contribution in [-0.2, 0) is 16.1 Å². The molecule has 0 saturated heterocycles. The molecule has 0 spiro atoms. The molecule has 0 saturated carbocycles. The van der Waals surface area contributed by atoms with Gasteiger partial charge in [0.1, 0.15) is 0 Å². The van der Waals surface area contributed by atoms with E-state index in [1.807, 2.05) is 0 Å². The van der Waals surface area contributed by atoms with Crippen LogP contribution in [0.2, 0.25) is 0 Å². The maximum absolute atomic E-state index is 14.4. The number of ether oxygens (including phenoxy) is 1. The van der Waals surface area contributed by atoms with Crippen molar-refractivity contribution in [3.05, 3.63) is 72.9 Å². The van der Waals surface area contributed by atoms with Crippen LogP contribution in [0.25, 0.3) is 0 Å². The Kier molecular flexibility index (Phi) is 5.12. The number of halogens is 3. The van der Waals surface area contributed by atoms with Gasteiger partial charge in [-0.2, -0.15) is 0 Å². The first-order valence-corrected chi connectivity index (χ1v) is 9.44. The Morgan fingerprint density at radius 1 is 1.00 bits per heavy atom. The summed E-state index contributed by atoms with van der Waals surface area (Å²) in [6.45, 7) is -0.153. The molecule has 3 rings (SSSR count). The second kappa shape index (κ2) is 7.30. The predicted molar refractivity (Wildman–Crippen MR) is 81.4 cm³/mol. The summed E-state index contributed by atoms with van der Waals surface area (Å²) in [4.78, 5) is 24.0. The third kappa shape index (κ3) is 3.87. The number of rotatable bonds is 5. The average molecular weight is 456 g/mol. The average Bonchev–Trinajstić information content (AvgIpc) is 2.91. The molecule has 130 valence electrons. The van der Waals surface area contributed by atoms with Gasteiger partial charge in [0.15, 0.2) is 0 Å². The number of nitrogens with zero attached hydrogens (tertiary/aromatic N) is 1. The molecule has 7 heteroatoms. The summed E-state index contributed by atoms with van der Waals surface area (Å²) in [6.07, 6.45) is 2.27. The molecule has 2 amide bonds. The molecule has 2 aromatic carbocycles. The summed E-state index contributed by atoms with van der Waals surface area (Å²) >= 11 is -1.05. The minimum atomic E-state index is -1.05. The number of carbonyl (C=O) groups is 2. The van der Waals surface area contributed by atoms with Crippen molar-refractivity contribution in [3.63, 3.8) is 0 Å². The first-order valence-electron chi connectivity index (χ1n) is 7.28. The van der Waals surface area contributed by atoms with Crippen LogP contribution in [0, 0.1) is 18.8 Å². The molecule has 1 aliphatic rings. The minimum absolute atomic E-state index is 0.0462. The summed E-state index contributed by atoms with van der Waals surface area (Å²) in [5.74, 6) is -1.62. The molecule has 0 aliphatic carbocycles. The SMILES string of the molecule is COc1ccc([I-]c2c(F)cc(CN3C(=O)C=CC3=O)cc2F)cc1. The third-order valence-electron chi connectivity index (χ3n) is 3.54. The fourth-order valence-electron chi connectivity index (χ4n) is 2.30. The molecular formula is C18H13F2INO3-. The van der Waals surface area contributed by atoms with Crippen molar-refractivity contribution in [2.24, 2.45) is 0 Å². The van der Waals surface area contributed by atoms with Gasteiger partial charge >= 0.3 is 153 Å². The summed E-state index contributed by atoms with van der Waals surface area (Å²) in [5, 5.41) is 0. The second-order valence-electron chi connectivity index (χ2n) is 5.22. The Labute approximate surface area is 153 Å². The van der Waals surface area contributed by atoms with E-state index in [4.69, 9.17) is 4.74 Å². The Bertz CT molecular complexity index is 824. The molecule has 0 N–H and O–H groups in total. The normalized spacial score (nSPS) is 13.8. The Balaban J connectivity index is 1.80. The molecule has 25 heavy (non-hydrogen) atoms.